The maximum atomic E-state index is 5.17. The minimum Gasteiger partial charge on any atom is -0.497 e. The average Bonchev–Trinajstić information content (AvgIpc) is 2.82. The molecule has 1 aromatic carbocycles. The Morgan fingerprint density at radius 1 is 1.28 bits per heavy atom. The molecule has 0 aliphatic carbocycles. The van der Waals surface area contributed by atoms with Crippen LogP contribution < -0.4 is 4.74 Å². The van der Waals surface area contributed by atoms with Crippen LogP contribution >= 0.6 is 15.9 Å². The maximum Gasteiger partial charge on any atom is 0.119 e. The first-order valence-corrected chi connectivity index (χ1v) is 7.18. The first-order valence-electron chi connectivity index (χ1n) is 6.06. The predicted octanol–water partition coefficient (Wildman–Crippen LogP) is 3.73. The Morgan fingerprint density at radius 3 is 2.56 bits per heavy atom. The summed E-state index contributed by atoms with van der Waals surface area (Å²) in [4.78, 5) is 0. The molecule has 1 heterocycles. The van der Waals surface area contributed by atoms with E-state index >= 15 is 0 Å². The van der Waals surface area contributed by atoms with Crippen molar-refractivity contribution in [2.45, 2.75) is 25.1 Å². The van der Waals surface area contributed by atoms with E-state index in [0.717, 1.165) is 29.6 Å². The van der Waals surface area contributed by atoms with E-state index in [1.165, 1.54) is 11.3 Å². The number of hydrogen-bond donors (Lipinski definition) is 0. The summed E-state index contributed by atoms with van der Waals surface area (Å²) in [5.41, 5.74) is 3.61. The standard InChI is InChI=1S/C14H17BrN2O/c1-3-4-14-11(9-15)10-16-17(14)12-5-7-13(18-2)8-6-12/h5-8,10H,3-4,9H2,1-2H3. The average molecular weight is 309 g/mol. The summed E-state index contributed by atoms with van der Waals surface area (Å²) in [5, 5.41) is 5.32. The Bertz CT molecular complexity index is 505. The molecule has 0 N–H and O–H groups in total. The normalized spacial score (nSPS) is 10.6. The first kappa shape index (κ1) is 13.1. The van der Waals surface area contributed by atoms with E-state index in [-0.39, 0.29) is 0 Å². The third-order valence-electron chi connectivity index (χ3n) is 2.90. The predicted molar refractivity (Wildman–Crippen MR) is 76.7 cm³/mol. The number of rotatable bonds is 5. The highest BCUT2D eigenvalue weighted by molar-refractivity contribution is 9.08. The molecule has 0 unspecified atom stereocenters. The van der Waals surface area contributed by atoms with Gasteiger partial charge in [0.15, 0.2) is 0 Å². The van der Waals surface area contributed by atoms with Crippen molar-refractivity contribution in [3.05, 3.63) is 41.7 Å². The second-order valence-electron chi connectivity index (χ2n) is 4.11. The quantitative estimate of drug-likeness (QED) is 0.787. The second-order valence-corrected chi connectivity index (χ2v) is 4.67. The van der Waals surface area contributed by atoms with Crippen LogP contribution in [-0.4, -0.2) is 16.9 Å². The molecule has 0 fully saturated rings. The van der Waals surface area contributed by atoms with Gasteiger partial charge in [0, 0.05) is 16.6 Å². The Hall–Kier alpha value is -1.29. The highest BCUT2D eigenvalue weighted by Gasteiger charge is 2.10. The monoisotopic (exact) mass is 308 g/mol. The molecular formula is C14H17BrN2O. The third-order valence-corrected chi connectivity index (χ3v) is 3.51. The number of nitrogens with zero attached hydrogens (tertiary/aromatic N) is 2. The number of benzene rings is 1. The number of halogens is 1. The highest BCUT2D eigenvalue weighted by atomic mass is 79.9. The smallest absolute Gasteiger partial charge is 0.119 e. The van der Waals surface area contributed by atoms with Crippen LogP contribution in [0, 0.1) is 0 Å². The van der Waals surface area contributed by atoms with Crippen LogP contribution in [0.5, 0.6) is 5.75 Å². The molecule has 0 bridgehead atoms. The molecule has 0 saturated carbocycles. The lowest BCUT2D eigenvalue weighted by atomic mass is 10.2. The number of alkyl halides is 1. The summed E-state index contributed by atoms with van der Waals surface area (Å²) in [7, 11) is 1.67. The summed E-state index contributed by atoms with van der Waals surface area (Å²) >= 11 is 3.51. The van der Waals surface area contributed by atoms with Crippen LogP contribution in [0.2, 0.25) is 0 Å². The van der Waals surface area contributed by atoms with Gasteiger partial charge in [-0.25, -0.2) is 4.68 Å². The van der Waals surface area contributed by atoms with Crippen molar-refractivity contribution in [2.75, 3.05) is 7.11 Å². The van der Waals surface area contributed by atoms with Gasteiger partial charge in [0.25, 0.3) is 0 Å². The summed E-state index contributed by atoms with van der Waals surface area (Å²) < 4.78 is 7.19. The fraction of sp³-hybridized carbons (Fsp3) is 0.357. The van der Waals surface area contributed by atoms with Crippen molar-refractivity contribution < 1.29 is 4.74 Å². The van der Waals surface area contributed by atoms with Crippen LogP contribution in [0.3, 0.4) is 0 Å². The molecule has 18 heavy (non-hydrogen) atoms. The van der Waals surface area contributed by atoms with Crippen molar-refractivity contribution in [3.8, 4) is 11.4 Å². The summed E-state index contributed by atoms with van der Waals surface area (Å²) in [6.45, 7) is 2.18. The van der Waals surface area contributed by atoms with E-state index < -0.39 is 0 Å². The minimum atomic E-state index is 0.846. The van der Waals surface area contributed by atoms with Crippen molar-refractivity contribution in [1.82, 2.24) is 9.78 Å². The van der Waals surface area contributed by atoms with Crippen LogP contribution in [-0.2, 0) is 11.8 Å². The molecule has 0 aliphatic heterocycles. The molecule has 0 aliphatic rings. The van der Waals surface area contributed by atoms with Gasteiger partial charge in [-0.3, -0.25) is 0 Å². The van der Waals surface area contributed by atoms with Crippen molar-refractivity contribution >= 4 is 15.9 Å². The summed E-state index contributed by atoms with van der Waals surface area (Å²) in [5.74, 6) is 0.865. The molecular weight excluding hydrogens is 292 g/mol. The van der Waals surface area contributed by atoms with E-state index in [1.807, 2.05) is 35.1 Å². The molecule has 0 amide bonds. The second kappa shape index (κ2) is 6.05. The largest absolute Gasteiger partial charge is 0.497 e. The van der Waals surface area contributed by atoms with Gasteiger partial charge in [-0.2, -0.15) is 5.10 Å². The van der Waals surface area contributed by atoms with Gasteiger partial charge < -0.3 is 4.74 Å². The topological polar surface area (TPSA) is 27.1 Å². The molecule has 96 valence electrons. The van der Waals surface area contributed by atoms with Gasteiger partial charge in [0.05, 0.1) is 19.0 Å². The lowest BCUT2D eigenvalue weighted by molar-refractivity contribution is 0.414. The van der Waals surface area contributed by atoms with E-state index in [9.17, 15) is 0 Å². The van der Waals surface area contributed by atoms with E-state index in [0.29, 0.717) is 0 Å². The molecule has 0 atom stereocenters. The Kier molecular flexibility index (Phi) is 4.42. The first-order chi connectivity index (χ1) is 8.80. The number of ether oxygens (including phenoxy) is 1. The summed E-state index contributed by atoms with van der Waals surface area (Å²) in [6.07, 6.45) is 4.08. The zero-order valence-corrected chi connectivity index (χ0v) is 12.3. The third kappa shape index (κ3) is 2.58. The minimum absolute atomic E-state index is 0.846. The number of methoxy groups -OCH3 is 1. The van der Waals surface area contributed by atoms with E-state index in [1.54, 1.807) is 7.11 Å². The number of hydrogen-bond acceptors (Lipinski definition) is 2. The molecule has 0 saturated heterocycles. The lowest BCUT2D eigenvalue weighted by Crippen LogP contribution is -2.03. The van der Waals surface area contributed by atoms with Gasteiger partial charge in [-0.1, -0.05) is 29.3 Å². The van der Waals surface area contributed by atoms with Crippen LogP contribution in [0.4, 0.5) is 0 Å². The molecule has 4 heteroatoms. The SMILES string of the molecule is CCCc1c(CBr)cnn1-c1ccc(OC)cc1. The van der Waals surface area contributed by atoms with E-state index in [2.05, 4.69) is 28.0 Å². The van der Waals surface area contributed by atoms with Crippen molar-refractivity contribution in [3.63, 3.8) is 0 Å². The van der Waals surface area contributed by atoms with Crippen LogP contribution in [0.15, 0.2) is 30.5 Å². The van der Waals surface area contributed by atoms with Crippen molar-refractivity contribution in [1.29, 1.82) is 0 Å². The molecule has 0 radical (unpaired) electrons. The van der Waals surface area contributed by atoms with Crippen molar-refractivity contribution in [2.24, 2.45) is 0 Å². The Balaban J connectivity index is 2.39. The zero-order chi connectivity index (χ0) is 13.0. The van der Waals surface area contributed by atoms with Crippen LogP contribution in [0.25, 0.3) is 5.69 Å². The fourth-order valence-corrected chi connectivity index (χ4v) is 2.44. The highest BCUT2D eigenvalue weighted by Crippen LogP contribution is 2.20. The Labute approximate surface area is 116 Å². The van der Waals surface area contributed by atoms with E-state index in [4.69, 9.17) is 4.74 Å². The number of aromatic nitrogens is 2. The van der Waals surface area contributed by atoms with Gasteiger partial charge >= 0.3 is 0 Å². The molecule has 0 spiro atoms. The Morgan fingerprint density at radius 2 is 2.00 bits per heavy atom. The molecule has 1 aromatic heterocycles. The zero-order valence-electron chi connectivity index (χ0n) is 10.7. The van der Waals surface area contributed by atoms with Gasteiger partial charge in [0.2, 0.25) is 0 Å². The lowest BCUT2D eigenvalue weighted by Gasteiger charge is -2.09. The fourth-order valence-electron chi connectivity index (χ4n) is 1.97. The molecule has 3 nitrogen and oxygen atoms in total. The summed E-state index contributed by atoms with van der Waals surface area (Å²) in [6, 6.07) is 7.98. The maximum absolute atomic E-state index is 5.17. The van der Waals surface area contributed by atoms with Gasteiger partial charge in [-0.05, 0) is 30.7 Å². The molecule has 2 aromatic rings. The molecule has 2 rings (SSSR count). The van der Waals surface area contributed by atoms with Crippen LogP contribution in [0.1, 0.15) is 24.6 Å². The van der Waals surface area contributed by atoms with Gasteiger partial charge in [-0.15, -0.1) is 0 Å². The van der Waals surface area contributed by atoms with Gasteiger partial charge in [0.1, 0.15) is 5.75 Å².